The lowest BCUT2D eigenvalue weighted by molar-refractivity contribution is 0.171. The molecule has 0 aliphatic carbocycles. The fourth-order valence-corrected chi connectivity index (χ4v) is 3.55. The monoisotopic (exact) mass is 340 g/mol. The molecule has 132 valence electrons. The highest BCUT2D eigenvalue weighted by Gasteiger charge is 2.26. The summed E-state index contributed by atoms with van der Waals surface area (Å²) in [6.45, 7) is 4.45. The number of imidazole rings is 1. The SMILES string of the molecule is COCCn1ccnc1CN1CCC[C@H](c2nc3ccccc3o2)C1. The van der Waals surface area contributed by atoms with Crippen LogP contribution in [0.3, 0.4) is 0 Å². The average molecular weight is 340 g/mol. The molecule has 1 saturated heterocycles. The molecular formula is C19H24N4O2. The van der Waals surface area contributed by atoms with Gasteiger partial charge in [0.1, 0.15) is 11.3 Å². The highest BCUT2D eigenvalue weighted by atomic mass is 16.5. The van der Waals surface area contributed by atoms with Gasteiger partial charge in [0.15, 0.2) is 11.5 Å². The molecule has 0 spiro atoms. The van der Waals surface area contributed by atoms with Crippen LogP contribution in [-0.4, -0.2) is 46.2 Å². The first-order valence-electron chi connectivity index (χ1n) is 8.90. The van der Waals surface area contributed by atoms with Crippen molar-refractivity contribution in [3.05, 3.63) is 48.4 Å². The van der Waals surface area contributed by atoms with Crippen LogP contribution in [0.4, 0.5) is 0 Å². The number of hydrogen-bond donors (Lipinski definition) is 0. The van der Waals surface area contributed by atoms with Crippen molar-refractivity contribution in [1.29, 1.82) is 0 Å². The topological polar surface area (TPSA) is 56.3 Å². The molecule has 1 fully saturated rings. The van der Waals surface area contributed by atoms with E-state index in [1.807, 2.05) is 36.7 Å². The molecule has 1 aromatic carbocycles. The second-order valence-electron chi connectivity index (χ2n) is 6.62. The Balaban J connectivity index is 1.45. The van der Waals surface area contributed by atoms with Crippen molar-refractivity contribution in [3.63, 3.8) is 0 Å². The first-order chi connectivity index (χ1) is 12.3. The van der Waals surface area contributed by atoms with Gasteiger partial charge in [-0.15, -0.1) is 0 Å². The van der Waals surface area contributed by atoms with Crippen molar-refractivity contribution in [3.8, 4) is 0 Å². The summed E-state index contributed by atoms with van der Waals surface area (Å²) in [7, 11) is 1.73. The van der Waals surface area contributed by atoms with Gasteiger partial charge in [-0.2, -0.15) is 0 Å². The van der Waals surface area contributed by atoms with E-state index in [4.69, 9.17) is 14.1 Å². The summed E-state index contributed by atoms with van der Waals surface area (Å²) in [4.78, 5) is 11.7. The standard InChI is InChI=1S/C19H24N4O2/c1-24-12-11-23-10-8-20-18(23)14-22-9-4-5-15(13-22)19-21-16-6-2-3-7-17(16)25-19/h2-3,6-8,10,15H,4-5,9,11-14H2,1H3/t15-/m0/s1. The van der Waals surface area contributed by atoms with Crippen molar-refractivity contribution < 1.29 is 9.15 Å². The summed E-state index contributed by atoms with van der Waals surface area (Å²) in [6, 6.07) is 7.99. The number of piperidine rings is 1. The number of benzene rings is 1. The van der Waals surface area contributed by atoms with Gasteiger partial charge in [0.2, 0.25) is 0 Å². The molecule has 0 radical (unpaired) electrons. The smallest absolute Gasteiger partial charge is 0.199 e. The Hall–Kier alpha value is -2.18. The predicted molar refractivity (Wildman–Crippen MR) is 95.4 cm³/mol. The van der Waals surface area contributed by atoms with Gasteiger partial charge >= 0.3 is 0 Å². The van der Waals surface area contributed by atoms with Gasteiger partial charge < -0.3 is 13.7 Å². The Labute approximate surface area is 147 Å². The molecule has 0 N–H and O–H groups in total. The number of ether oxygens (including phenoxy) is 1. The fourth-order valence-electron chi connectivity index (χ4n) is 3.55. The maximum atomic E-state index is 5.99. The molecule has 3 heterocycles. The van der Waals surface area contributed by atoms with Gasteiger partial charge in [-0.25, -0.2) is 9.97 Å². The van der Waals surface area contributed by atoms with E-state index in [-0.39, 0.29) is 0 Å². The van der Waals surface area contributed by atoms with Crippen LogP contribution in [0.15, 0.2) is 41.1 Å². The van der Waals surface area contributed by atoms with Gasteiger partial charge in [-0.3, -0.25) is 4.90 Å². The number of likely N-dealkylation sites (tertiary alicyclic amines) is 1. The Kier molecular flexibility index (Phi) is 4.81. The Morgan fingerprint density at radius 3 is 3.12 bits per heavy atom. The van der Waals surface area contributed by atoms with Gasteiger partial charge in [-0.05, 0) is 31.5 Å². The third-order valence-electron chi connectivity index (χ3n) is 4.87. The molecular weight excluding hydrogens is 316 g/mol. The molecule has 0 amide bonds. The van der Waals surface area contributed by atoms with Gasteiger partial charge in [-0.1, -0.05) is 12.1 Å². The van der Waals surface area contributed by atoms with E-state index >= 15 is 0 Å². The molecule has 3 aromatic rings. The average Bonchev–Trinajstić information content (AvgIpc) is 3.26. The number of hydrogen-bond acceptors (Lipinski definition) is 5. The van der Waals surface area contributed by atoms with E-state index in [9.17, 15) is 0 Å². The third-order valence-corrected chi connectivity index (χ3v) is 4.87. The number of methoxy groups -OCH3 is 1. The zero-order chi connectivity index (χ0) is 17.1. The number of rotatable bonds is 6. The van der Waals surface area contributed by atoms with E-state index in [1.54, 1.807) is 7.11 Å². The molecule has 0 saturated carbocycles. The van der Waals surface area contributed by atoms with Crippen LogP contribution in [0.5, 0.6) is 0 Å². The van der Waals surface area contributed by atoms with Crippen LogP contribution in [0, 0.1) is 0 Å². The normalized spacial score (nSPS) is 18.8. The highest BCUT2D eigenvalue weighted by molar-refractivity contribution is 5.72. The van der Waals surface area contributed by atoms with Crippen LogP contribution in [0.1, 0.15) is 30.5 Å². The lowest BCUT2D eigenvalue weighted by atomic mass is 9.98. The second kappa shape index (κ2) is 7.37. The number of oxazole rings is 1. The Morgan fingerprint density at radius 2 is 2.24 bits per heavy atom. The van der Waals surface area contributed by atoms with Crippen LogP contribution in [-0.2, 0) is 17.8 Å². The molecule has 0 unspecified atom stereocenters. The molecule has 1 aliphatic heterocycles. The van der Waals surface area contributed by atoms with E-state index < -0.39 is 0 Å². The quantitative estimate of drug-likeness (QED) is 0.690. The molecule has 0 bridgehead atoms. The molecule has 6 heteroatoms. The van der Waals surface area contributed by atoms with Crippen molar-refractivity contribution in [2.24, 2.45) is 0 Å². The van der Waals surface area contributed by atoms with E-state index in [0.717, 1.165) is 61.8 Å². The van der Waals surface area contributed by atoms with Crippen LogP contribution >= 0.6 is 0 Å². The van der Waals surface area contributed by atoms with Crippen molar-refractivity contribution in [2.75, 3.05) is 26.8 Å². The molecule has 6 nitrogen and oxygen atoms in total. The summed E-state index contributed by atoms with van der Waals surface area (Å²) in [5.74, 6) is 2.31. The van der Waals surface area contributed by atoms with E-state index in [1.165, 1.54) is 0 Å². The summed E-state index contributed by atoms with van der Waals surface area (Å²) >= 11 is 0. The van der Waals surface area contributed by atoms with Gasteiger partial charge in [0.25, 0.3) is 0 Å². The minimum Gasteiger partial charge on any atom is -0.440 e. The molecule has 2 aromatic heterocycles. The number of aromatic nitrogens is 3. The molecule has 1 atom stereocenters. The van der Waals surface area contributed by atoms with Crippen molar-refractivity contribution in [2.45, 2.75) is 31.8 Å². The zero-order valence-electron chi connectivity index (χ0n) is 14.6. The van der Waals surface area contributed by atoms with Crippen LogP contribution in [0.25, 0.3) is 11.1 Å². The fraction of sp³-hybridized carbons (Fsp3) is 0.474. The van der Waals surface area contributed by atoms with E-state index in [0.29, 0.717) is 12.5 Å². The lowest BCUT2D eigenvalue weighted by Gasteiger charge is -2.31. The van der Waals surface area contributed by atoms with Crippen LogP contribution < -0.4 is 0 Å². The zero-order valence-corrected chi connectivity index (χ0v) is 14.6. The highest BCUT2D eigenvalue weighted by Crippen LogP contribution is 2.29. The largest absolute Gasteiger partial charge is 0.440 e. The van der Waals surface area contributed by atoms with Crippen molar-refractivity contribution in [1.82, 2.24) is 19.4 Å². The third kappa shape index (κ3) is 3.60. The second-order valence-corrected chi connectivity index (χ2v) is 6.62. The Morgan fingerprint density at radius 1 is 1.32 bits per heavy atom. The number of para-hydroxylation sites is 2. The van der Waals surface area contributed by atoms with Gasteiger partial charge in [0.05, 0.1) is 13.2 Å². The predicted octanol–water partition coefficient (Wildman–Crippen LogP) is 3.05. The Bertz CT molecular complexity index is 793. The molecule has 25 heavy (non-hydrogen) atoms. The van der Waals surface area contributed by atoms with Crippen molar-refractivity contribution >= 4 is 11.1 Å². The number of fused-ring (bicyclic) bond motifs is 1. The molecule has 4 rings (SSSR count). The summed E-state index contributed by atoms with van der Waals surface area (Å²) < 4.78 is 13.3. The first kappa shape index (κ1) is 16.3. The summed E-state index contributed by atoms with van der Waals surface area (Å²) in [5, 5.41) is 0. The number of nitrogens with zero attached hydrogens (tertiary/aromatic N) is 4. The first-order valence-corrected chi connectivity index (χ1v) is 8.90. The maximum absolute atomic E-state index is 5.99. The van der Waals surface area contributed by atoms with Crippen LogP contribution in [0.2, 0.25) is 0 Å². The van der Waals surface area contributed by atoms with Gasteiger partial charge in [0, 0.05) is 38.5 Å². The summed E-state index contributed by atoms with van der Waals surface area (Å²) in [6.07, 6.45) is 6.17. The lowest BCUT2D eigenvalue weighted by Crippen LogP contribution is -2.35. The summed E-state index contributed by atoms with van der Waals surface area (Å²) in [5.41, 5.74) is 1.83. The molecule has 1 aliphatic rings. The minimum absolute atomic E-state index is 0.350. The van der Waals surface area contributed by atoms with E-state index in [2.05, 4.69) is 14.5 Å². The minimum atomic E-state index is 0.350. The maximum Gasteiger partial charge on any atom is 0.199 e.